The number of β-amino-alcohol motifs (C(OH)–C–C–N with tert-alkyl or cyclic N) is 1. The molecular weight excluding hydrogens is 258 g/mol. The summed E-state index contributed by atoms with van der Waals surface area (Å²) in [6, 6.07) is 7.10. The van der Waals surface area contributed by atoms with Crippen LogP contribution in [0.1, 0.15) is 20.3 Å². The monoisotopic (exact) mass is 279 g/mol. The van der Waals surface area contributed by atoms with Crippen molar-refractivity contribution in [2.24, 2.45) is 0 Å². The van der Waals surface area contributed by atoms with Crippen LogP contribution in [0.4, 0.5) is 0 Å². The number of rotatable bonds is 4. The van der Waals surface area contributed by atoms with Gasteiger partial charge in [0.15, 0.2) is 6.10 Å². The Balaban J connectivity index is 1.93. The second-order valence-corrected chi connectivity index (χ2v) is 5.44. The highest BCUT2D eigenvalue weighted by Gasteiger charge is 2.36. The molecule has 1 amide bonds. The molecule has 0 saturated carbocycles. The number of benzene rings is 1. The minimum atomic E-state index is -0.782. The lowest BCUT2D eigenvalue weighted by Gasteiger charge is -2.23. The van der Waals surface area contributed by atoms with Crippen LogP contribution < -0.4 is 9.47 Å². The number of likely N-dealkylation sites (tertiary alicyclic amines) is 1. The van der Waals surface area contributed by atoms with E-state index in [9.17, 15) is 9.90 Å². The highest BCUT2D eigenvalue weighted by Crippen LogP contribution is 2.22. The largest absolute Gasteiger partial charge is 0.497 e. The average Bonchev–Trinajstić information content (AvgIpc) is 2.79. The molecule has 0 bridgehead atoms. The van der Waals surface area contributed by atoms with Gasteiger partial charge in [0.05, 0.1) is 12.7 Å². The lowest BCUT2D eigenvalue weighted by molar-refractivity contribution is -0.137. The Labute approximate surface area is 119 Å². The van der Waals surface area contributed by atoms with Gasteiger partial charge >= 0.3 is 0 Å². The van der Waals surface area contributed by atoms with Gasteiger partial charge in [-0.3, -0.25) is 4.79 Å². The van der Waals surface area contributed by atoms with Crippen LogP contribution in [0.3, 0.4) is 0 Å². The van der Waals surface area contributed by atoms with E-state index in [2.05, 4.69) is 0 Å². The number of ether oxygens (including phenoxy) is 2. The van der Waals surface area contributed by atoms with Gasteiger partial charge in [0.2, 0.25) is 0 Å². The van der Waals surface area contributed by atoms with Crippen LogP contribution in [0, 0.1) is 0 Å². The maximum Gasteiger partial charge on any atom is 0.263 e. The molecule has 1 aliphatic heterocycles. The zero-order valence-electron chi connectivity index (χ0n) is 12.1. The van der Waals surface area contributed by atoms with Crippen molar-refractivity contribution in [1.82, 2.24) is 4.90 Å². The standard InChI is InChI=1S/C15H21NO4/c1-11(14(17)16-9-8-15(2,18)10-16)20-13-6-4-12(19-3)5-7-13/h4-7,11,18H,8-10H2,1-3H3. The van der Waals surface area contributed by atoms with E-state index in [1.807, 2.05) is 0 Å². The molecule has 0 radical (unpaired) electrons. The molecule has 1 heterocycles. The summed E-state index contributed by atoms with van der Waals surface area (Å²) >= 11 is 0. The van der Waals surface area contributed by atoms with Crippen LogP contribution in [0.5, 0.6) is 11.5 Å². The van der Waals surface area contributed by atoms with Gasteiger partial charge in [-0.25, -0.2) is 0 Å². The van der Waals surface area contributed by atoms with Crippen molar-refractivity contribution in [3.8, 4) is 11.5 Å². The maximum atomic E-state index is 12.2. The normalized spacial score (nSPS) is 23.5. The van der Waals surface area contributed by atoms with Crippen LogP contribution in [0.15, 0.2) is 24.3 Å². The zero-order valence-corrected chi connectivity index (χ0v) is 12.1. The third-order valence-corrected chi connectivity index (χ3v) is 3.48. The molecule has 1 saturated heterocycles. The van der Waals surface area contributed by atoms with Gasteiger partial charge in [0, 0.05) is 13.1 Å². The number of amides is 1. The molecule has 1 aromatic rings. The molecule has 1 aliphatic rings. The second kappa shape index (κ2) is 5.71. The highest BCUT2D eigenvalue weighted by atomic mass is 16.5. The summed E-state index contributed by atoms with van der Waals surface area (Å²) in [4.78, 5) is 13.9. The van der Waals surface area contributed by atoms with Crippen LogP contribution in [-0.4, -0.2) is 47.8 Å². The third kappa shape index (κ3) is 3.42. The van der Waals surface area contributed by atoms with E-state index in [1.165, 1.54) is 0 Å². The van der Waals surface area contributed by atoms with Gasteiger partial charge < -0.3 is 19.5 Å². The van der Waals surface area contributed by atoms with Crippen molar-refractivity contribution in [1.29, 1.82) is 0 Å². The van der Waals surface area contributed by atoms with Crippen molar-refractivity contribution in [3.05, 3.63) is 24.3 Å². The molecule has 1 fully saturated rings. The first kappa shape index (κ1) is 14.7. The summed E-state index contributed by atoms with van der Waals surface area (Å²) in [5, 5.41) is 9.89. The van der Waals surface area contributed by atoms with Crippen molar-refractivity contribution in [2.75, 3.05) is 20.2 Å². The lowest BCUT2D eigenvalue weighted by atomic mass is 10.1. The van der Waals surface area contributed by atoms with Crippen LogP contribution in [-0.2, 0) is 4.79 Å². The number of hydrogen-bond donors (Lipinski definition) is 1. The zero-order chi connectivity index (χ0) is 14.8. The molecule has 1 N–H and O–H groups in total. The highest BCUT2D eigenvalue weighted by molar-refractivity contribution is 5.81. The summed E-state index contributed by atoms with van der Waals surface area (Å²) in [7, 11) is 1.60. The smallest absolute Gasteiger partial charge is 0.263 e. The molecule has 20 heavy (non-hydrogen) atoms. The predicted octanol–water partition coefficient (Wildman–Crippen LogP) is 1.45. The van der Waals surface area contributed by atoms with Gasteiger partial charge in [-0.05, 0) is 44.5 Å². The molecule has 5 heteroatoms. The van der Waals surface area contributed by atoms with Gasteiger partial charge in [0.25, 0.3) is 5.91 Å². The molecule has 1 aromatic carbocycles. The molecule has 0 aromatic heterocycles. The van der Waals surface area contributed by atoms with Crippen molar-refractivity contribution in [2.45, 2.75) is 32.0 Å². The summed E-state index contributed by atoms with van der Waals surface area (Å²) in [6.07, 6.45) is 0.0332. The molecule has 0 aliphatic carbocycles. The fraction of sp³-hybridized carbons (Fsp3) is 0.533. The molecular formula is C15H21NO4. The Bertz CT molecular complexity index is 469. The van der Waals surface area contributed by atoms with E-state index in [-0.39, 0.29) is 5.91 Å². The number of hydrogen-bond acceptors (Lipinski definition) is 4. The quantitative estimate of drug-likeness (QED) is 0.906. The Morgan fingerprint density at radius 1 is 1.35 bits per heavy atom. The topological polar surface area (TPSA) is 59.0 Å². The van der Waals surface area contributed by atoms with E-state index >= 15 is 0 Å². The van der Waals surface area contributed by atoms with E-state index in [4.69, 9.17) is 9.47 Å². The summed E-state index contributed by atoms with van der Waals surface area (Å²) in [6.45, 7) is 4.40. The number of methoxy groups -OCH3 is 1. The molecule has 2 atom stereocenters. The van der Waals surface area contributed by atoms with Crippen molar-refractivity contribution < 1.29 is 19.4 Å². The first-order valence-corrected chi connectivity index (χ1v) is 6.73. The molecule has 5 nitrogen and oxygen atoms in total. The molecule has 0 spiro atoms. The predicted molar refractivity (Wildman–Crippen MR) is 74.9 cm³/mol. The Hall–Kier alpha value is -1.75. The number of aliphatic hydroxyl groups is 1. The lowest BCUT2D eigenvalue weighted by Crippen LogP contribution is -2.41. The van der Waals surface area contributed by atoms with Gasteiger partial charge in [-0.15, -0.1) is 0 Å². The SMILES string of the molecule is COc1ccc(OC(C)C(=O)N2CCC(C)(O)C2)cc1. The minimum Gasteiger partial charge on any atom is -0.497 e. The van der Waals surface area contributed by atoms with E-state index < -0.39 is 11.7 Å². The van der Waals surface area contributed by atoms with Crippen molar-refractivity contribution in [3.63, 3.8) is 0 Å². The summed E-state index contributed by atoms with van der Waals surface area (Å²) in [5.74, 6) is 1.27. The van der Waals surface area contributed by atoms with Gasteiger partial charge in [-0.1, -0.05) is 0 Å². The van der Waals surface area contributed by atoms with E-state index in [0.717, 1.165) is 5.75 Å². The fourth-order valence-electron chi connectivity index (χ4n) is 2.30. The number of carbonyl (C=O) groups is 1. The summed E-state index contributed by atoms with van der Waals surface area (Å²) < 4.78 is 10.7. The minimum absolute atomic E-state index is 0.0985. The van der Waals surface area contributed by atoms with Crippen LogP contribution in [0.2, 0.25) is 0 Å². The Kier molecular flexibility index (Phi) is 4.18. The van der Waals surface area contributed by atoms with Gasteiger partial charge in [-0.2, -0.15) is 0 Å². The second-order valence-electron chi connectivity index (χ2n) is 5.44. The van der Waals surface area contributed by atoms with Crippen molar-refractivity contribution >= 4 is 5.91 Å². The average molecular weight is 279 g/mol. The number of carbonyl (C=O) groups excluding carboxylic acids is 1. The molecule has 2 rings (SSSR count). The maximum absolute atomic E-state index is 12.2. The molecule has 110 valence electrons. The Morgan fingerprint density at radius 3 is 2.45 bits per heavy atom. The van der Waals surface area contributed by atoms with Gasteiger partial charge in [0.1, 0.15) is 11.5 Å². The number of nitrogens with zero attached hydrogens (tertiary/aromatic N) is 1. The molecule has 2 unspecified atom stereocenters. The third-order valence-electron chi connectivity index (χ3n) is 3.48. The first-order valence-electron chi connectivity index (χ1n) is 6.73. The van der Waals surface area contributed by atoms with Crippen LogP contribution >= 0.6 is 0 Å². The first-order chi connectivity index (χ1) is 9.41. The van der Waals surface area contributed by atoms with Crippen LogP contribution in [0.25, 0.3) is 0 Å². The fourth-order valence-corrected chi connectivity index (χ4v) is 2.30. The summed E-state index contributed by atoms with van der Waals surface area (Å²) in [5.41, 5.74) is -0.782. The van der Waals surface area contributed by atoms with E-state index in [1.54, 1.807) is 50.1 Å². The van der Waals surface area contributed by atoms with E-state index in [0.29, 0.717) is 25.3 Å². The Morgan fingerprint density at radius 2 is 1.95 bits per heavy atom.